The number of hydrogen-bond donors (Lipinski definition) is 2. The van der Waals surface area contributed by atoms with Gasteiger partial charge in [0.05, 0.1) is 6.61 Å². The van der Waals surface area contributed by atoms with Crippen LogP contribution in [0.2, 0.25) is 0 Å². The third kappa shape index (κ3) is 5.81. The number of carbonyl (C=O) groups is 2. The van der Waals surface area contributed by atoms with Gasteiger partial charge in [-0.15, -0.1) is 11.3 Å². The minimum Gasteiger partial charge on any atom is -0.450 e. The Balaban J connectivity index is 1.81. The zero-order chi connectivity index (χ0) is 23.8. The smallest absolute Gasteiger partial charge is 0.409 e. The lowest BCUT2D eigenvalue weighted by molar-refractivity contribution is -0.116. The molecule has 1 fully saturated rings. The number of anilines is 1. The van der Waals surface area contributed by atoms with E-state index in [1.54, 1.807) is 24.9 Å². The summed E-state index contributed by atoms with van der Waals surface area (Å²) in [6, 6.07) is 11.2. The quantitative estimate of drug-likeness (QED) is 0.657. The highest BCUT2D eigenvalue weighted by molar-refractivity contribution is 7.07. The van der Waals surface area contributed by atoms with Crippen molar-refractivity contribution in [3.05, 3.63) is 49.9 Å². The fourth-order valence-corrected chi connectivity index (χ4v) is 4.64. The van der Waals surface area contributed by atoms with Crippen molar-refractivity contribution in [1.29, 1.82) is 5.26 Å². The van der Waals surface area contributed by atoms with Gasteiger partial charge in [0.1, 0.15) is 15.3 Å². The van der Waals surface area contributed by atoms with Crippen LogP contribution >= 0.6 is 11.3 Å². The first kappa shape index (κ1) is 24.1. The second-order valence-electron chi connectivity index (χ2n) is 7.40. The maximum atomic E-state index is 12.9. The van der Waals surface area contributed by atoms with Crippen molar-refractivity contribution in [3.8, 4) is 6.07 Å². The fraction of sp³-hybridized carbons (Fsp3) is 0.391. The molecule has 174 valence electrons. The van der Waals surface area contributed by atoms with Crippen LogP contribution in [0.25, 0.3) is 11.8 Å². The fourth-order valence-electron chi connectivity index (χ4n) is 3.55. The molecule has 0 bridgehead atoms. The number of ether oxygens (including phenoxy) is 1. The van der Waals surface area contributed by atoms with Crippen LogP contribution in [0.1, 0.15) is 26.7 Å². The molecular formula is C23H27N5O4S. The average molecular weight is 470 g/mol. The molecule has 2 amide bonds. The molecule has 0 radical (unpaired) electrons. The molecule has 1 saturated heterocycles. The molecule has 1 aromatic heterocycles. The van der Waals surface area contributed by atoms with Crippen molar-refractivity contribution in [2.75, 3.05) is 25.0 Å². The number of benzene rings is 1. The van der Waals surface area contributed by atoms with Gasteiger partial charge in [0.15, 0.2) is 5.57 Å². The highest BCUT2D eigenvalue weighted by atomic mass is 32.1. The number of para-hydroxylation sites is 1. The van der Waals surface area contributed by atoms with Crippen LogP contribution in [0.5, 0.6) is 0 Å². The summed E-state index contributed by atoms with van der Waals surface area (Å²) in [5.41, 5.74) is 0.474. The number of rotatable bonds is 6. The Morgan fingerprint density at radius 2 is 1.94 bits per heavy atom. The number of carbonyl (C=O) groups excluding carboxylic acids is 2. The number of nitrogens with one attached hydrogen (secondary N) is 2. The Kier molecular flexibility index (Phi) is 8.27. The number of hydrogen-bond acceptors (Lipinski definition) is 7. The largest absolute Gasteiger partial charge is 0.450 e. The third-order valence-corrected chi connectivity index (χ3v) is 6.41. The first-order valence-electron chi connectivity index (χ1n) is 10.9. The van der Waals surface area contributed by atoms with Crippen molar-refractivity contribution in [2.24, 2.45) is 0 Å². The number of amides is 2. The standard InChI is InChI=1S/C23H27N5O4S/c1-3-28-21(30)19(15-25-16-8-6-5-7-9-16)33-22(28)18(14-24)20(29)26-17-10-12-27(13-11-17)23(31)32-4-2/h5-9,15,17,25H,3-4,10-13H2,1-2H3,(H,26,29). The van der Waals surface area contributed by atoms with E-state index in [-0.39, 0.29) is 23.3 Å². The summed E-state index contributed by atoms with van der Waals surface area (Å²) in [5, 5.41) is 15.7. The van der Waals surface area contributed by atoms with E-state index >= 15 is 0 Å². The lowest BCUT2D eigenvalue weighted by Gasteiger charge is -2.31. The van der Waals surface area contributed by atoms with E-state index in [9.17, 15) is 19.6 Å². The van der Waals surface area contributed by atoms with Crippen molar-refractivity contribution in [1.82, 2.24) is 14.8 Å². The van der Waals surface area contributed by atoms with Gasteiger partial charge in [-0.05, 0) is 38.8 Å². The summed E-state index contributed by atoms with van der Waals surface area (Å²) in [4.78, 5) is 39.2. The highest BCUT2D eigenvalue weighted by Gasteiger charge is 2.26. The Labute approximate surface area is 195 Å². The van der Waals surface area contributed by atoms with E-state index in [4.69, 9.17) is 4.74 Å². The summed E-state index contributed by atoms with van der Waals surface area (Å²) in [6.07, 6.45) is 2.36. The minimum atomic E-state index is -0.516. The van der Waals surface area contributed by atoms with Gasteiger partial charge in [0.2, 0.25) is 0 Å². The molecule has 0 spiro atoms. The molecule has 0 aliphatic carbocycles. The van der Waals surface area contributed by atoms with Gasteiger partial charge < -0.3 is 20.3 Å². The van der Waals surface area contributed by atoms with Crippen LogP contribution in [0.4, 0.5) is 10.5 Å². The van der Waals surface area contributed by atoms with Gasteiger partial charge in [0.25, 0.3) is 11.5 Å². The SMILES string of the molecule is CCOC(=O)N1CCC(NC(=O)C(C#N)=c2sc(=CNc3ccccc3)c(=O)n2CC)CC1. The molecule has 2 heterocycles. The molecule has 2 aromatic rings. The van der Waals surface area contributed by atoms with Crippen molar-refractivity contribution < 1.29 is 14.3 Å². The molecule has 1 aliphatic heterocycles. The van der Waals surface area contributed by atoms with E-state index in [2.05, 4.69) is 10.6 Å². The summed E-state index contributed by atoms with van der Waals surface area (Å²) < 4.78 is 7.18. The topological polar surface area (TPSA) is 116 Å². The highest BCUT2D eigenvalue weighted by Crippen LogP contribution is 2.12. The average Bonchev–Trinajstić information content (AvgIpc) is 3.14. The number of nitriles is 1. The lowest BCUT2D eigenvalue weighted by atomic mass is 10.0. The molecule has 1 aromatic carbocycles. The van der Waals surface area contributed by atoms with Crippen LogP contribution in [0, 0.1) is 11.3 Å². The van der Waals surface area contributed by atoms with E-state index < -0.39 is 5.91 Å². The minimum absolute atomic E-state index is 0.0915. The predicted molar refractivity (Wildman–Crippen MR) is 127 cm³/mol. The molecule has 10 heteroatoms. The van der Waals surface area contributed by atoms with Crippen molar-refractivity contribution >= 4 is 40.8 Å². The van der Waals surface area contributed by atoms with Crippen LogP contribution in [0.3, 0.4) is 0 Å². The lowest BCUT2D eigenvalue weighted by Crippen LogP contribution is -2.47. The predicted octanol–water partition coefficient (Wildman–Crippen LogP) is 1.19. The number of thiazole rings is 1. The molecule has 0 unspecified atom stereocenters. The molecule has 2 N–H and O–H groups in total. The molecule has 9 nitrogen and oxygen atoms in total. The number of nitrogens with zero attached hydrogens (tertiary/aromatic N) is 3. The summed E-state index contributed by atoms with van der Waals surface area (Å²) in [7, 11) is 0. The first-order valence-corrected chi connectivity index (χ1v) is 11.7. The zero-order valence-electron chi connectivity index (χ0n) is 18.7. The Hall–Kier alpha value is -3.58. The monoisotopic (exact) mass is 469 g/mol. The summed E-state index contributed by atoms with van der Waals surface area (Å²) in [6.45, 7) is 5.13. The van der Waals surface area contributed by atoms with E-state index in [0.717, 1.165) is 17.0 Å². The zero-order valence-corrected chi connectivity index (χ0v) is 19.5. The maximum Gasteiger partial charge on any atom is 0.409 e. The number of piperidine rings is 1. The van der Waals surface area contributed by atoms with Gasteiger partial charge in [-0.25, -0.2) is 4.79 Å². The van der Waals surface area contributed by atoms with E-state index in [0.29, 0.717) is 48.3 Å². The third-order valence-electron chi connectivity index (χ3n) is 5.28. The van der Waals surface area contributed by atoms with Gasteiger partial charge in [0, 0.05) is 37.6 Å². The van der Waals surface area contributed by atoms with Crippen LogP contribution in [0.15, 0.2) is 35.1 Å². The molecule has 33 heavy (non-hydrogen) atoms. The second kappa shape index (κ2) is 11.3. The Morgan fingerprint density at radius 3 is 2.55 bits per heavy atom. The summed E-state index contributed by atoms with van der Waals surface area (Å²) in [5.74, 6) is -0.516. The molecule has 3 rings (SSSR count). The normalized spacial score (nSPS) is 15.5. The van der Waals surface area contributed by atoms with Crippen LogP contribution in [-0.4, -0.2) is 47.2 Å². The van der Waals surface area contributed by atoms with Gasteiger partial charge in [-0.1, -0.05) is 18.2 Å². The van der Waals surface area contributed by atoms with Crippen molar-refractivity contribution in [3.63, 3.8) is 0 Å². The summed E-state index contributed by atoms with van der Waals surface area (Å²) >= 11 is 1.11. The van der Waals surface area contributed by atoms with Crippen LogP contribution < -0.4 is 25.4 Å². The molecule has 0 atom stereocenters. The van der Waals surface area contributed by atoms with Gasteiger partial charge in [-0.2, -0.15) is 5.26 Å². The number of aromatic nitrogens is 1. The van der Waals surface area contributed by atoms with E-state index in [1.165, 1.54) is 4.57 Å². The van der Waals surface area contributed by atoms with Crippen molar-refractivity contribution in [2.45, 2.75) is 39.3 Å². The van der Waals surface area contributed by atoms with E-state index in [1.807, 2.05) is 36.4 Å². The Morgan fingerprint density at radius 1 is 1.24 bits per heavy atom. The Bertz CT molecular complexity index is 1200. The number of likely N-dealkylation sites (tertiary alicyclic amines) is 1. The molecule has 0 saturated carbocycles. The van der Waals surface area contributed by atoms with Gasteiger partial charge in [-0.3, -0.25) is 14.2 Å². The molecule has 1 aliphatic rings. The first-order chi connectivity index (χ1) is 16.0. The van der Waals surface area contributed by atoms with Crippen LogP contribution in [-0.2, 0) is 16.1 Å². The maximum absolute atomic E-state index is 12.9. The molecular weight excluding hydrogens is 442 g/mol. The van der Waals surface area contributed by atoms with Gasteiger partial charge >= 0.3 is 6.09 Å². The second-order valence-corrected chi connectivity index (χ2v) is 8.43.